The Kier molecular flexibility index (Phi) is 4.50. The van der Waals surface area contributed by atoms with Gasteiger partial charge in [-0.25, -0.2) is 9.37 Å². The lowest BCUT2D eigenvalue weighted by atomic mass is 10.1. The van der Waals surface area contributed by atoms with Crippen molar-refractivity contribution in [1.82, 2.24) is 9.88 Å². The van der Waals surface area contributed by atoms with Crippen molar-refractivity contribution in [2.75, 3.05) is 13.1 Å². The van der Waals surface area contributed by atoms with Crippen LogP contribution in [0, 0.1) is 5.82 Å². The van der Waals surface area contributed by atoms with E-state index in [2.05, 4.69) is 4.98 Å². The van der Waals surface area contributed by atoms with Crippen LogP contribution in [-0.2, 0) is 0 Å². The van der Waals surface area contributed by atoms with E-state index in [0.717, 1.165) is 0 Å². The molecule has 0 saturated carbocycles. The standard InChI is InChI=1S/C17H17FN2O4/c18-13-6-2-8-19-16(13)24-11-4-3-9-20(10-11)17(23)12-5-1-7-14(21)15(12)22/h1-2,5-8,11,21-22H,3-4,9-10H2/t11-/m1/s1. The monoisotopic (exact) mass is 332 g/mol. The molecule has 1 aliphatic rings. The molecule has 2 heterocycles. The Labute approximate surface area is 138 Å². The van der Waals surface area contributed by atoms with Gasteiger partial charge in [0.15, 0.2) is 17.3 Å². The number of rotatable bonds is 3. The van der Waals surface area contributed by atoms with E-state index in [1.54, 1.807) is 0 Å². The van der Waals surface area contributed by atoms with E-state index in [1.807, 2.05) is 0 Å². The first-order valence-corrected chi connectivity index (χ1v) is 7.63. The van der Waals surface area contributed by atoms with E-state index >= 15 is 0 Å². The number of hydrogen-bond donors (Lipinski definition) is 2. The topological polar surface area (TPSA) is 82.9 Å². The number of carbonyl (C=O) groups excluding carboxylic acids is 1. The van der Waals surface area contributed by atoms with Crippen molar-refractivity contribution in [3.05, 3.63) is 47.9 Å². The van der Waals surface area contributed by atoms with Gasteiger partial charge in [-0.1, -0.05) is 6.07 Å². The van der Waals surface area contributed by atoms with Crippen molar-refractivity contribution in [2.45, 2.75) is 18.9 Å². The highest BCUT2D eigenvalue weighted by atomic mass is 19.1. The molecule has 6 nitrogen and oxygen atoms in total. The second-order valence-corrected chi connectivity index (χ2v) is 5.60. The Balaban J connectivity index is 1.72. The fraction of sp³-hybridized carbons (Fsp3) is 0.294. The quantitative estimate of drug-likeness (QED) is 0.843. The molecule has 2 aromatic rings. The number of phenolic OH excluding ortho intramolecular Hbond substituents is 2. The van der Waals surface area contributed by atoms with E-state index in [-0.39, 0.29) is 29.8 Å². The van der Waals surface area contributed by atoms with E-state index in [9.17, 15) is 19.4 Å². The highest BCUT2D eigenvalue weighted by Gasteiger charge is 2.28. The maximum atomic E-state index is 13.6. The summed E-state index contributed by atoms with van der Waals surface area (Å²) in [5.74, 6) is -1.83. The molecule has 3 rings (SSSR count). The Bertz CT molecular complexity index is 753. The highest BCUT2D eigenvalue weighted by Crippen LogP contribution is 2.30. The fourth-order valence-electron chi connectivity index (χ4n) is 2.71. The lowest BCUT2D eigenvalue weighted by Crippen LogP contribution is -2.44. The van der Waals surface area contributed by atoms with Gasteiger partial charge >= 0.3 is 0 Å². The minimum absolute atomic E-state index is 0.0275. The molecule has 0 aliphatic carbocycles. The second kappa shape index (κ2) is 6.74. The molecule has 7 heteroatoms. The summed E-state index contributed by atoms with van der Waals surface area (Å²) in [4.78, 5) is 17.9. The normalized spacial score (nSPS) is 17.5. The van der Waals surface area contributed by atoms with Crippen molar-refractivity contribution in [2.24, 2.45) is 0 Å². The molecule has 0 unspecified atom stereocenters. The number of amides is 1. The molecule has 2 N–H and O–H groups in total. The molecule has 0 spiro atoms. The van der Waals surface area contributed by atoms with Crippen LogP contribution in [-0.4, -0.2) is 45.2 Å². The second-order valence-electron chi connectivity index (χ2n) is 5.60. The molecule has 1 fully saturated rings. The molecular weight excluding hydrogens is 315 g/mol. The van der Waals surface area contributed by atoms with Crippen molar-refractivity contribution in [1.29, 1.82) is 0 Å². The third-order valence-electron chi connectivity index (χ3n) is 3.91. The molecule has 1 aromatic carbocycles. The van der Waals surface area contributed by atoms with Crippen molar-refractivity contribution < 1.29 is 24.1 Å². The van der Waals surface area contributed by atoms with E-state index in [4.69, 9.17) is 4.74 Å². The number of piperidine rings is 1. The summed E-state index contributed by atoms with van der Waals surface area (Å²) in [5.41, 5.74) is 0.0275. The van der Waals surface area contributed by atoms with Crippen molar-refractivity contribution in [3.8, 4) is 17.4 Å². The maximum absolute atomic E-state index is 13.6. The minimum Gasteiger partial charge on any atom is -0.504 e. The number of carbonyl (C=O) groups is 1. The third-order valence-corrected chi connectivity index (χ3v) is 3.91. The van der Waals surface area contributed by atoms with Crippen molar-refractivity contribution >= 4 is 5.91 Å². The number of benzene rings is 1. The summed E-state index contributed by atoms with van der Waals surface area (Å²) in [6.45, 7) is 0.752. The number of halogens is 1. The number of para-hydroxylation sites is 1. The first-order valence-electron chi connectivity index (χ1n) is 7.63. The molecule has 1 atom stereocenters. The van der Waals surface area contributed by atoms with Gasteiger partial charge in [-0.2, -0.15) is 0 Å². The summed E-state index contributed by atoms with van der Waals surface area (Å²) in [6.07, 6.45) is 2.41. The number of nitrogens with zero attached hydrogens (tertiary/aromatic N) is 2. The molecule has 0 bridgehead atoms. The van der Waals surface area contributed by atoms with Crippen LogP contribution in [0.25, 0.3) is 0 Å². The predicted molar refractivity (Wildman–Crippen MR) is 83.5 cm³/mol. The Morgan fingerprint density at radius 3 is 2.92 bits per heavy atom. The number of phenols is 2. The molecule has 126 valence electrons. The van der Waals surface area contributed by atoms with Gasteiger partial charge in [0.2, 0.25) is 0 Å². The Morgan fingerprint density at radius 1 is 1.29 bits per heavy atom. The number of likely N-dealkylation sites (tertiary alicyclic amines) is 1. The van der Waals surface area contributed by atoms with Gasteiger partial charge in [0.25, 0.3) is 11.8 Å². The summed E-state index contributed by atoms with van der Waals surface area (Å²) in [7, 11) is 0. The Morgan fingerprint density at radius 2 is 2.12 bits per heavy atom. The third kappa shape index (κ3) is 3.24. The zero-order chi connectivity index (χ0) is 17.1. The summed E-state index contributed by atoms with van der Waals surface area (Å²) < 4.78 is 19.2. The zero-order valence-corrected chi connectivity index (χ0v) is 12.9. The van der Waals surface area contributed by atoms with Gasteiger partial charge in [0, 0.05) is 12.7 Å². The molecular formula is C17H17FN2O4. The molecule has 1 amide bonds. The summed E-state index contributed by atoms with van der Waals surface area (Å²) in [5, 5.41) is 19.4. The Hall–Kier alpha value is -2.83. The molecule has 0 radical (unpaired) electrons. The summed E-state index contributed by atoms with van der Waals surface area (Å²) >= 11 is 0. The van der Waals surface area contributed by atoms with Crippen LogP contribution < -0.4 is 4.74 Å². The van der Waals surface area contributed by atoms with Gasteiger partial charge in [0.1, 0.15) is 6.10 Å². The lowest BCUT2D eigenvalue weighted by Gasteiger charge is -2.32. The van der Waals surface area contributed by atoms with Crippen LogP contribution in [0.5, 0.6) is 17.4 Å². The molecule has 1 aromatic heterocycles. The highest BCUT2D eigenvalue weighted by molar-refractivity contribution is 5.97. The number of aromatic hydroxyl groups is 2. The van der Waals surface area contributed by atoms with E-state index in [0.29, 0.717) is 19.4 Å². The SMILES string of the molecule is O=C(c1cccc(O)c1O)N1CCC[C@@H](Oc2ncccc2F)C1. The number of hydrogen-bond acceptors (Lipinski definition) is 5. The largest absolute Gasteiger partial charge is 0.504 e. The molecule has 24 heavy (non-hydrogen) atoms. The first-order chi connectivity index (χ1) is 11.6. The van der Waals surface area contributed by atoms with Crippen LogP contribution in [0.4, 0.5) is 4.39 Å². The maximum Gasteiger partial charge on any atom is 0.257 e. The lowest BCUT2D eigenvalue weighted by molar-refractivity contribution is 0.0515. The summed E-state index contributed by atoms with van der Waals surface area (Å²) in [6, 6.07) is 6.98. The van der Waals surface area contributed by atoms with Gasteiger partial charge in [0.05, 0.1) is 12.1 Å². The van der Waals surface area contributed by atoms with Crippen LogP contribution in [0.1, 0.15) is 23.2 Å². The van der Waals surface area contributed by atoms with Gasteiger partial charge in [-0.05, 0) is 37.1 Å². The van der Waals surface area contributed by atoms with Gasteiger partial charge in [-0.3, -0.25) is 4.79 Å². The number of ether oxygens (including phenoxy) is 1. The minimum atomic E-state index is -0.549. The van der Waals surface area contributed by atoms with Crippen LogP contribution in [0.15, 0.2) is 36.5 Å². The average molecular weight is 332 g/mol. The fourth-order valence-corrected chi connectivity index (χ4v) is 2.71. The van der Waals surface area contributed by atoms with Crippen molar-refractivity contribution in [3.63, 3.8) is 0 Å². The van der Waals surface area contributed by atoms with Crippen LogP contribution >= 0.6 is 0 Å². The van der Waals surface area contributed by atoms with E-state index < -0.39 is 17.5 Å². The smallest absolute Gasteiger partial charge is 0.257 e. The van der Waals surface area contributed by atoms with Gasteiger partial charge < -0.3 is 19.8 Å². The first kappa shape index (κ1) is 16.0. The van der Waals surface area contributed by atoms with Crippen LogP contribution in [0.2, 0.25) is 0 Å². The van der Waals surface area contributed by atoms with E-state index in [1.165, 1.54) is 41.4 Å². The van der Waals surface area contributed by atoms with Gasteiger partial charge in [-0.15, -0.1) is 0 Å². The molecule has 1 saturated heterocycles. The number of pyridine rings is 1. The average Bonchev–Trinajstić information content (AvgIpc) is 2.59. The zero-order valence-electron chi connectivity index (χ0n) is 12.9. The molecule has 1 aliphatic heterocycles. The number of aromatic nitrogens is 1. The van der Waals surface area contributed by atoms with Crippen LogP contribution in [0.3, 0.4) is 0 Å². The predicted octanol–water partition coefficient (Wildman–Crippen LogP) is 2.32.